The second kappa shape index (κ2) is 6.58. The van der Waals surface area contributed by atoms with E-state index in [2.05, 4.69) is 11.3 Å². The van der Waals surface area contributed by atoms with Gasteiger partial charge in [-0.05, 0) is 13.0 Å². The lowest BCUT2D eigenvalue weighted by Crippen LogP contribution is -2.39. The molecule has 0 atom stereocenters. The molecule has 0 rings (SSSR count). The van der Waals surface area contributed by atoms with Gasteiger partial charge in [-0.15, -0.1) is 0 Å². The molecule has 0 saturated heterocycles. The van der Waals surface area contributed by atoms with Crippen molar-refractivity contribution in [1.29, 1.82) is 0 Å². The summed E-state index contributed by atoms with van der Waals surface area (Å²) in [5, 5.41) is 8.49. The van der Waals surface area contributed by atoms with E-state index < -0.39 is 24.4 Å². The summed E-state index contributed by atoms with van der Waals surface area (Å²) in [6, 6.07) is 0. The maximum Gasteiger partial charge on any atom is 0.325 e. The number of hydrogen-bond donors (Lipinski definition) is 1. The van der Waals surface area contributed by atoms with Crippen molar-refractivity contribution in [2.45, 2.75) is 6.92 Å². The Balaban J connectivity index is 4.36. The lowest BCUT2D eigenvalue weighted by atomic mass is 10.4. The molecule has 0 aromatic heterocycles. The van der Waals surface area contributed by atoms with Crippen LogP contribution < -0.4 is 0 Å². The van der Waals surface area contributed by atoms with E-state index in [1.807, 2.05) is 0 Å². The summed E-state index contributed by atoms with van der Waals surface area (Å²) in [5.41, 5.74) is 0. The van der Waals surface area contributed by atoms with E-state index in [1.165, 1.54) is 0 Å². The molecule has 0 spiro atoms. The van der Waals surface area contributed by atoms with Crippen molar-refractivity contribution in [1.82, 2.24) is 4.90 Å². The van der Waals surface area contributed by atoms with Crippen LogP contribution in [0.1, 0.15) is 6.92 Å². The fourth-order valence-corrected chi connectivity index (χ4v) is 0.867. The summed E-state index contributed by atoms with van der Waals surface area (Å²) in [4.78, 5) is 33.4. The van der Waals surface area contributed by atoms with E-state index in [9.17, 15) is 14.4 Å². The number of esters is 1. The van der Waals surface area contributed by atoms with Gasteiger partial charge in [-0.3, -0.25) is 14.4 Å². The predicted octanol–water partition coefficient (Wildman–Crippen LogP) is -0.351. The van der Waals surface area contributed by atoms with Crippen molar-refractivity contribution in [3.63, 3.8) is 0 Å². The molecule has 6 heteroatoms. The number of ether oxygens (including phenoxy) is 1. The maximum atomic E-state index is 11.1. The number of carbonyl (C=O) groups excluding carboxylic acids is 2. The zero-order valence-electron chi connectivity index (χ0n) is 8.43. The lowest BCUT2D eigenvalue weighted by molar-refractivity contribution is -0.150. The second-order valence-electron chi connectivity index (χ2n) is 2.60. The van der Waals surface area contributed by atoms with Gasteiger partial charge in [0.1, 0.15) is 13.1 Å². The number of hydrogen-bond acceptors (Lipinski definition) is 4. The molecule has 0 unspecified atom stereocenters. The quantitative estimate of drug-likeness (QED) is 0.483. The molecule has 6 nitrogen and oxygen atoms in total. The summed E-state index contributed by atoms with van der Waals surface area (Å²) < 4.78 is 4.59. The van der Waals surface area contributed by atoms with Gasteiger partial charge in [0, 0.05) is 0 Å². The molecule has 84 valence electrons. The topological polar surface area (TPSA) is 83.9 Å². The molecule has 0 fully saturated rings. The Morgan fingerprint density at radius 2 is 2.00 bits per heavy atom. The molecule has 15 heavy (non-hydrogen) atoms. The van der Waals surface area contributed by atoms with Crippen molar-refractivity contribution < 1.29 is 24.2 Å². The smallest absolute Gasteiger partial charge is 0.325 e. The van der Waals surface area contributed by atoms with Crippen LogP contribution in [0.25, 0.3) is 0 Å². The second-order valence-corrected chi connectivity index (χ2v) is 2.60. The summed E-state index contributed by atoms with van der Waals surface area (Å²) in [5.74, 6) is -2.46. The Morgan fingerprint density at radius 1 is 1.40 bits per heavy atom. The number of carboxylic acids is 1. The first-order valence-corrected chi connectivity index (χ1v) is 4.30. The Hall–Kier alpha value is -1.85. The fraction of sp³-hybridized carbons (Fsp3) is 0.444. The Labute approximate surface area is 87.1 Å². The van der Waals surface area contributed by atoms with Gasteiger partial charge in [-0.1, -0.05) is 6.58 Å². The largest absolute Gasteiger partial charge is 0.480 e. The number of carbonyl (C=O) groups is 3. The van der Waals surface area contributed by atoms with Crippen LogP contribution in [0.3, 0.4) is 0 Å². The highest BCUT2D eigenvalue weighted by Crippen LogP contribution is 1.93. The van der Waals surface area contributed by atoms with Crippen LogP contribution >= 0.6 is 0 Å². The predicted molar refractivity (Wildman–Crippen MR) is 51.0 cm³/mol. The van der Waals surface area contributed by atoms with Gasteiger partial charge in [-0.25, -0.2) is 0 Å². The van der Waals surface area contributed by atoms with Crippen LogP contribution in [-0.4, -0.2) is 47.5 Å². The third-order valence-electron chi connectivity index (χ3n) is 1.44. The molecule has 1 amide bonds. The van der Waals surface area contributed by atoms with E-state index in [4.69, 9.17) is 5.11 Å². The summed E-state index contributed by atoms with van der Waals surface area (Å²) >= 11 is 0. The number of nitrogens with zero attached hydrogens (tertiary/aromatic N) is 1. The van der Waals surface area contributed by atoms with Crippen LogP contribution in [0.15, 0.2) is 12.7 Å². The highest BCUT2D eigenvalue weighted by Gasteiger charge is 2.17. The summed E-state index contributed by atoms with van der Waals surface area (Å²) in [6.45, 7) is 4.07. The van der Waals surface area contributed by atoms with Crippen molar-refractivity contribution >= 4 is 17.8 Å². The number of aliphatic carboxylic acids is 1. The number of rotatable bonds is 6. The van der Waals surface area contributed by atoms with Crippen molar-refractivity contribution in [3.8, 4) is 0 Å². The first-order valence-electron chi connectivity index (χ1n) is 4.30. The van der Waals surface area contributed by atoms with Crippen molar-refractivity contribution in [3.05, 3.63) is 12.7 Å². The molecular formula is C9H13NO5. The monoisotopic (exact) mass is 215 g/mol. The normalized spacial score (nSPS) is 9.13. The van der Waals surface area contributed by atoms with Crippen LogP contribution in [-0.2, 0) is 19.1 Å². The lowest BCUT2D eigenvalue weighted by Gasteiger charge is -2.17. The minimum Gasteiger partial charge on any atom is -0.480 e. The molecule has 0 aromatic carbocycles. The van der Waals surface area contributed by atoms with Crippen molar-refractivity contribution in [2.75, 3.05) is 19.7 Å². The highest BCUT2D eigenvalue weighted by atomic mass is 16.5. The molecular weight excluding hydrogens is 202 g/mol. The van der Waals surface area contributed by atoms with Crippen molar-refractivity contribution in [2.24, 2.45) is 0 Å². The SMILES string of the molecule is C=CC(=O)N(CC(=O)O)CC(=O)OCC. The van der Waals surface area contributed by atoms with Crippen LogP contribution in [0.5, 0.6) is 0 Å². The average molecular weight is 215 g/mol. The van der Waals surface area contributed by atoms with Crippen LogP contribution in [0.2, 0.25) is 0 Å². The average Bonchev–Trinajstić information content (AvgIpc) is 2.15. The Bertz CT molecular complexity index is 274. The van der Waals surface area contributed by atoms with Gasteiger partial charge in [0.2, 0.25) is 5.91 Å². The standard InChI is InChI=1S/C9H13NO5/c1-3-7(11)10(5-8(12)13)6-9(14)15-4-2/h3H,1,4-6H2,2H3,(H,12,13). The zero-order valence-corrected chi connectivity index (χ0v) is 8.43. The van der Waals surface area contributed by atoms with Gasteiger partial charge >= 0.3 is 11.9 Å². The summed E-state index contributed by atoms with van der Waals surface area (Å²) in [6.07, 6.45) is 0.947. The molecule has 0 aliphatic carbocycles. The molecule has 0 aliphatic heterocycles. The van der Waals surface area contributed by atoms with Gasteiger partial charge in [0.15, 0.2) is 0 Å². The molecule has 0 aromatic rings. The molecule has 0 bridgehead atoms. The first kappa shape index (κ1) is 13.2. The van der Waals surface area contributed by atoms with Gasteiger partial charge in [-0.2, -0.15) is 0 Å². The van der Waals surface area contributed by atoms with Crippen LogP contribution in [0.4, 0.5) is 0 Å². The molecule has 0 saturated carbocycles. The molecule has 0 radical (unpaired) electrons. The van der Waals surface area contributed by atoms with E-state index in [0.717, 1.165) is 11.0 Å². The Kier molecular flexibility index (Phi) is 5.77. The van der Waals surface area contributed by atoms with E-state index in [-0.39, 0.29) is 13.2 Å². The van der Waals surface area contributed by atoms with E-state index >= 15 is 0 Å². The van der Waals surface area contributed by atoms with E-state index in [0.29, 0.717) is 0 Å². The third-order valence-corrected chi connectivity index (χ3v) is 1.44. The van der Waals surface area contributed by atoms with Gasteiger partial charge < -0.3 is 14.7 Å². The first-order chi connectivity index (χ1) is 7.01. The minimum absolute atomic E-state index is 0.183. The summed E-state index contributed by atoms with van der Waals surface area (Å²) in [7, 11) is 0. The zero-order chi connectivity index (χ0) is 11.8. The molecule has 1 N–H and O–H groups in total. The minimum atomic E-state index is -1.20. The molecule has 0 heterocycles. The third kappa shape index (κ3) is 5.45. The molecule has 0 aliphatic rings. The van der Waals surface area contributed by atoms with Gasteiger partial charge in [0.05, 0.1) is 6.61 Å². The van der Waals surface area contributed by atoms with E-state index in [1.54, 1.807) is 6.92 Å². The number of amides is 1. The van der Waals surface area contributed by atoms with Crippen LogP contribution in [0, 0.1) is 0 Å². The number of carboxylic acid groups (broad SMARTS) is 1. The Morgan fingerprint density at radius 3 is 2.40 bits per heavy atom. The maximum absolute atomic E-state index is 11.1. The fourth-order valence-electron chi connectivity index (χ4n) is 0.867. The highest BCUT2D eigenvalue weighted by molar-refractivity contribution is 5.92. The van der Waals surface area contributed by atoms with Gasteiger partial charge in [0.25, 0.3) is 0 Å².